The highest BCUT2D eigenvalue weighted by molar-refractivity contribution is 5.69. The normalized spacial score (nSPS) is 10.1. The maximum absolute atomic E-state index is 9.94. The molecule has 0 rings (SSSR count). The first-order chi connectivity index (χ1) is 4.77. The lowest BCUT2D eigenvalue weighted by molar-refractivity contribution is -0.135. The molecule has 0 fully saturated rings. The molecule has 0 radical (unpaired) electrons. The molecule has 0 saturated carbocycles. The fourth-order valence-corrected chi connectivity index (χ4v) is 0.480. The molecule has 0 aliphatic rings. The lowest BCUT2D eigenvalue weighted by atomic mass is 10.3. The van der Waals surface area contributed by atoms with Crippen molar-refractivity contribution in [2.45, 2.75) is 19.8 Å². The summed E-state index contributed by atoms with van der Waals surface area (Å²) in [6, 6.07) is 0. The van der Waals surface area contributed by atoms with E-state index < -0.39 is 5.97 Å². The summed E-state index contributed by atoms with van der Waals surface area (Å²) in [6.45, 7) is 2.07. The van der Waals surface area contributed by atoms with Crippen molar-refractivity contribution in [3.63, 3.8) is 0 Å². The fourth-order valence-electron chi connectivity index (χ4n) is 0.480. The predicted molar refractivity (Wildman–Crippen MR) is 39.7 cm³/mol. The van der Waals surface area contributed by atoms with Crippen LogP contribution in [0.2, 0.25) is 0 Å². The van der Waals surface area contributed by atoms with Crippen molar-refractivity contribution in [3.05, 3.63) is 12.3 Å². The molecule has 0 atom stereocenters. The summed E-state index contributed by atoms with van der Waals surface area (Å²) in [5, 5.41) is 10.8. The first kappa shape index (κ1) is 9.01. The van der Waals surface area contributed by atoms with Gasteiger partial charge in [0.15, 0.2) is 0 Å². The van der Waals surface area contributed by atoms with E-state index in [1.54, 1.807) is 6.20 Å². The standard InChI is InChI=1S/C7H13NO2/c1-2-3-4-5-8-6-7(9)10/h4-5,8H,2-3,6H2,1H3,(H,9,10). The second-order valence-corrected chi connectivity index (χ2v) is 1.97. The van der Waals surface area contributed by atoms with E-state index in [1.807, 2.05) is 6.08 Å². The molecule has 0 heterocycles. The number of aliphatic carboxylic acids is 1. The Morgan fingerprint density at radius 3 is 2.90 bits per heavy atom. The van der Waals surface area contributed by atoms with Crippen LogP contribution in [0.3, 0.4) is 0 Å². The van der Waals surface area contributed by atoms with Crippen LogP contribution in [0.5, 0.6) is 0 Å². The van der Waals surface area contributed by atoms with E-state index in [0.717, 1.165) is 12.8 Å². The van der Waals surface area contributed by atoms with Crippen LogP contribution >= 0.6 is 0 Å². The summed E-state index contributed by atoms with van der Waals surface area (Å²) < 4.78 is 0. The molecule has 0 aliphatic carbocycles. The number of allylic oxidation sites excluding steroid dienone is 1. The van der Waals surface area contributed by atoms with Crippen molar-refractivity contribution in [3.8, 4) is 0 Å². The molecule has 0 aromatic carbocycles. The van der Waals surface area contributed by atoms with Crippen molar-refractivity contribution in [1.29, 1.82) is 0 Å². The van der Waals surface area contributed by atoms with E-state index in [0.29, 0.717) is 0 Å². The molecule has 0 amide bonds. The summed E-state index contributed by atoms with van der Waals surface area (Å²) in [5.74, 6) is -0.832. The predicted octanol–water partition coefficient (Wildman–Crippen LogP) is 0.974. The molecular formula is C7H13NO2. The van der Waals surface area contributed by atoms with Crippen LogP contribution in [0.1, 0.15) is 19.8 Å². The molecule has 10 heavy (non-hydrogen) atoms. The highest BCUT2D eigenvalue weighted by Gasteiger charge is 1.88. The van der Waals surface area contributed by atoms with Crippen molar-refractivity contribution >= 4 is 5.97 Å². The zero-order chi connectivity index (χ0) is 7.82. The van der Waals surface area contributed by atoms with Gasteiger partial charge in [-0.3, -0.25) is 4.79 Å². The van der Waals surface area contributed by atoms with Gasteiger partial charge in [-0.25, -0.2) is 0 Å². The SMILES string of the molecule is CCCC=CNCC(=O)O. The van der Waals surface area contributed by atoms with E-state index in [9.17, 15) is 4.79 Å². The quantitative estimate of drug-likeness (QED) is 0.603. The minimum atomic E-state index is -0.832. The summed E-state index contributed by atoms with van der Waals surface area (Å²) in [6.07, 6.45) is 5.68. The van der Waals surface area contributed by atoms with E-state index in [-0.39, 0.29) is 6.54 Å². The van der Waals surface area contributed by atoms with Crippen molar-refractivity contribution in [1.82, 2.24) is 5.32 Å². The number of rotatable bonds is 5. The van der Waals surface area contributed by atoms with Crippen LogP contribution in [0.25, 0.3) is 0 Å². The topological polar surface area (TPSA) is 49.3 Å². The van der Waals surface area contributed by atoms with Gasteiger partial charge in [0.25, 0.3) is 0 Å². The lowest BCUT2D eigenvalue weighted by Crippen LogP contribution is -2.16. The molecule has 0 aromatic heterocycles. The van der Waals surface area contributed by atoms with Gasteiger partial charge in [0.2, 0.25) is 0 Å². The van der Waals surface area contributed by atoms with E-state index in [1.165, 1.54) is 0 Å². The smallest absolute Gasteiger partial charge is 0.322 e. The second-order valence-electron chi connectivity index (χ2n) is 1.97. The average Bonchev–Trinajstić information content (AvgIpc) is 1.87. The zero-order valence-corrected chi connectivity index (χ0v) is 6.13. The molecule has 0 saturated heterocycles. The molecule has 0 bridgehead atoms. The Hall–Kier alpha value is -0.990. The Morgan fingerprint density at radius 2 is 2.40 bits per heavy atom. The zero-order valence-electron chi connectivity index (χ0n) is 6.13. The van der Waals surface area contributed by atoms with Gasteiger partial charge in [-0.05, 0) is 12.6 Å². The second kappa shape index (κ2) is 6.13. The van der Waals surface area contributed by atoms with Crippen LogP contribution in [0.15, 0.2) is 12.3 Å². The maximum Gasteiger partial charge on any atom is 0.322 e. The molecule has 3 heteroatoms. The molecule has 3 nitrogen and oxygen atoms in total. The molecule has 0 aliphatic heterocycles. The maximum atomic E-state index is 9.94. The largest absolute Gasteiger partial charge is 0.480 e. The molecule has 2 N–H and O–H groups in total. The molecule has 0 aromatic rings. The highest BCUT2D eigenvalue weighted by Crippen LogP contribution is 1.85. The first-order valence-electron chi connectivity index (χ1n) is 3.37. The van der Waals surface area contributed by atoms with E-state index in [2.05, 4.69) is 12.2 Å². The average molecular weight is 143 g/mol. The van der Waals surface area contributed by atoms with Gasteiger partial charge in [0.1, 0.15) is 6.54 Å². The molecule has 0 spiro atoms. The first-order valence-corrected chi connectivity index (χ1v) is 3.37. The van der Waals surface area contributed by atoms with Crippen LogP contribution in [0.4, 0.5) is 0 Å². The van der Waals surface area contributed by atoms with Gasteiger partial charge in [-0.15, -0.1) is 0 Å². The Bertz CT molecular complexity index is 121. The third-order valence-corrected chi connectivity index (χ3v) is 0.944. The van der Waals surface area contributed by atoms with E-state index >= 15 is 0 Å². The summed E-state index contributed by atoms with van der Waals surface area (Å²) in [5.41, 5.74) is 0. The summed E-state index contributed by atoms with van der Waals surface area (Å²) in [7, 11) is 0. The highest BCUT2D eigenvalue weighted by atomic mass is 16.4. The summed E-state index contributed by atoms with van der Waals surface area (Å²) >= 11 is 0. The lowest BCUT2D eigenvalue weighted by Gasteiger charge is -1.92. The van der Waals surface area contributed by atoms with E-state index in [4.69, 9.17) is 5.11 Å². The number of carboxylic acid groups (broad SMARTS) is 1. The number of carbonyl (C=O) groups is 1. The monoisotopic (exact) mass is 143 g/mol. The Morgan fingerprint density at radius 1 is 1.70 bits per heavy atom. The summed E-state index contributed by atoms with van der Waals surface area (Å²) in [4.78, 5) is 9.94. The Labute approximate surface area is 60.7 Å². The van der Waals surface area contributed by atoms with Gasteiger partial charge < -0.3 is 10.4 Å². The van der Waals surface area contributed by atoms with Crippen LogP contribution < -0.4 is 5.32 Å². The molecule has 0 unspecified atom stereocenters. The van der Waals surface area contributed by atoms with Crippen LogP contribution in [-0.2, 0) is 4.79 Å². The van der Waals surface area contributed by atoms with Crippen molar-refractivity contribution in [2.75, 3.05) is 6.54 Å². The third-order valence-electron chi connectivity index (χ3n) is 0.944. The molecular weight excluding hydrogens is 130 g/mol. The third kappa shape index (κ3) is 7.01. The number of carboxylic acids is 1. The number of hydrogen-bond donors (Lipinski definition) is 2. The minimum absolute atomic E-state index is 0.000213. The van der Waals surface area contributed by atoms with Crippen LogP contribution in [-0.4, -0.2) is 17.6 Å². The number of nitrogens with one attached hydrogen (secondary N) is 1. The van der Waals surface area contributed by atoms with Gasteiger partial charge in [-0.1, -0.05) is 19.4 Å². The Kier molecular flexibility index (Phi) is 5.53. The molecule has 58 valence electrons. The van der Waals surface area contributed by atoms with Crippen molar-refractivity contribution < 1.29 is 9.90 Å². The van der Waals surface area contributed by atoms with Gasteiger partial charge >= 0.3 is 5.97 Å². The number of hydrogen-bond acceptors (Lipinski definition) is 2. The Balaban J connectivity index is 3.10. The number of unbranched alkanes of at least 4 members (excludes halogenated alkanes) is 1. The fraction of sp³-hybridized carbons (Fsp3) is 0.571. The van der Waals surface area contributed by atoms with Gasteiger partial charge in [0, 0.05) is 0 Å². The minimum Gasteiger partial charge on any atom is -0.480 e. The van der Waals surface area contributed by atoms with Gasteiger partial charge in [0.05, 0.1) is 0 Å². The van der Waals surface area contributed by atoms with Gasteiger partial charge in [-0.2, -0.15) is 0 Å². The van der Waals surface area contributed by atoms with Crippen LogP contribution in [0, 0.1) is 0 Å². The van der Waals surface area contributed by atoms with Crippen molar-refractivity contribution in [2.24, 2.45) is 0 Å².